The van der Waals surface area contributed by atoms with Crippen molar-refractivity contribution in [3.8, 4) is 11.4 Å². The van der Waals surface area contributed by atoms with Gasteiger partial charge in [0.15, 0.2) is 0 Å². The van der Waals surface area contributed by atoms with Gasteiger partial charge < -0.3 is 9.88 Å². The predicted octanol–water partition coefficient (Wildman–Crippen LogP) is 3.78. The molecule has 2 heterocycles. The number of nitrogens with one attached hydrogen (secondary N) is 1. The number of benzene rings is 2. The average molecular weight is 295 g/mol. The first-order valence-electron chi connectivity index (χ1n) is 7.28. The second-order valence-electron chi connectivity index (χ2n) is 5.25. The van der Waals surface area contributed by atoms with Crippen molar-refractivity contribution in [2.45, 2.75) is 0 Å². The van der Waals surface area contributed by atoms with E-state index in [1.807, 2.05) is 30.0 Å². The fourth-order valence-electron chi connectivity index (χ4n) is 2.74. The Morgan fingerprint density at radius 2 is 1.71 bits per heavy atom. The number of hydrogen-bond donors (Lipinski definition) is 1. The first-order valence-corrected chi connectivity index (χ1v) is 8.43. The third-order valence-corrected chi connectivity index (χ3v) is 4.85. The smallest absolute Gasteiger partial charge is 0.138 e. The minimum absolute atomic E-state index is 0.942. The molecule has 0 spiro atoms. The van der Waals surface area contributed by atoms with Crippen molar-refractivity contribution >= 4 is 28.5 Å². The molecule has 106 valence electrons. The zero-order valence-electron chi connectivity index (χ0n) is 11.7. The van der Waals surface area contributed by atoms with Gasteiger partial charge in [-0.3, -0.25) is 0 Å². The molecule has 0 saturated carbocycles. The number of thioether (sulfide) groups is 1. The van der Waals surface area contributed by atoms with Crippen molar-refractivity contribution in [3.63, 3.8) is 0 Å². The number of rotatable bonds is 2. The van der Waals surface area contributed by atoms with Crippen LogP contribution in [0.5, 0.6) is 0 Å². The van der Waals surface area contributed by atoms with Gasteiger partial charge in [-0.05, 0) is 36.4 Å². The third-order valence-electron chi connectivity index (χ3n) is 3.91. The zero-order valence-corrected chi connectivity index (χ0v) is 12.6. The van der Waals surface area contributed by atoms with E-state index in [1.165, 1.54) is 17.2 Å². The highest BCUT2D eigenvalue weighted by molar-refractivity contribution is 7.99. The summed E-state index contributed by atoms with van der Waals surface area (Å²) in [5.74, 6) is 3.40. The molecule has 1 fully saturated rings. The van der Waals surface area contributed by atoms with Crippen LogP contribution in [0, 0.1) is 0 Å². The Kier molecular flexibility index (Phi) is 3.31. The highest BCUT2D eigenvalue weighted by atomic mass is 32.2. The van der Waals surface area contributed by atoms with Crippen LogP contribution < -0.4 is 4.90 Å². The van der Waals surface area contributed by atoms with Gasteiger partial charge in [-0.1, -0.05) is 12.1 Å². The Morgan fingerprint density at radius 3 is 2.48 bits per heavy atom. The van der Waals surface area contributed by atoms with E-state index in [2.05, 4.69) is 45.2 Å². The van der Waals surface area contributed by atoms with Gasteiger partial charge >= 0.3 is 0 Å². The van der Waals surface area contributed by atoms with E-state index < -0.39 is 0 Å². The van der Waals surface area contributed by atoms with Gasteiger partial charge in [0.1, 0.15) is 5.82 Å². The van der Waals surface area contributed by atoms with Crippen molar-refractivity contribution in [2.75, 3.05) is 29.5 Å². The third kappa shape index (κ3) is 2.51. The number of hydrogen-bond acceptors (Lipinski definition) is 3. The topological polar surface area (TPSA) is 31.9 Å². The standard InChI is InChI=1S/C17H17N3S/c1-2-4-16-15(3-1)18-17(19-16)13-5-7-14(8-6-13)20-9-11-21-12-10-20/h1-8H,9-12H2,(H,18,19). The van der Waals surface area contributed by atoms with Crippen LogP contribution in [-0.2, 0) is 0 Å². The molecule has 4 heteroatoms. The molecule has 1 N–H and O–H groups in total. The molecule has 0 amide bonds. The van der Waals surface area contributed by atoms with Crippen LogP contribution in [0.25, 0.3) is 22.4 Å². The molecule has 3 aromatic rings. The Morgan fingerprint density at radius 1 is 0.952 bits per heavy atom. The Bertz CT molecular complexity index is 709. The summed E-state index contributed by atoms with van der Waals surface area (Å²) in [6, 6.07) is 16.9. The maximum Gasteiger partial charge on any atom is 0.138 e. The van der Waals surface area contributed by atoms with Gasteiger partial charge in [-0.15, -0.1) is 0 Å². The molecule has 21 heavy (non-hydrogen) atoms. The van der Waals surface area contributed by atoms with Crippen molar-refractivity contribution in [3.05, 3.63) is 48.5 Å². The summed E-state index contributed by atoms with van der Waals surface area (Å²) < 4.78 is 0. The van der Waals surface area contributed by atoms with Gasteiger partial charge in [-0.2, -0.15) is 11.8 Å². The van der Waals surface area contributed by atoms with E-state index in [1.54, 1.807) is 0 Å². The molecule has 0 radical (unpaired) electrons. The molecule has 0 aliphatic carbocycles. The van der Waals surface area contributed by atoms with Crippen LogP contribution in [0.3, 0.4) is 0 Å². The molecule has 0 bridgehead atoms. The summed E-state index contributed by atoms with van der Waals surface area (Å²) >= 11 is 2.04. The van der Waals surface area contributed by atoms with E-state index >= 15 is 0 Å². The lowest BCUT2D eigenvalue weighted by molar-refractivity contribution is 0.859. The molecule has 4 rings (SSSR count). The molecule has 1 saturated heterocycles. The van der Waals surface area contributed by atoms with Crippen LogP contribution in [0.15, 0.2) is 48.5 Å². The zero-order chi connectivity index (χ0) is 14.1. The van der Waals surface area contributed by atoms with Crippen molar-refractivity contribution < 1.29 is 0 Å². The number of anilines is 1. The largest absolute Gasteiger partial charge is 0.370 e. The number of aromatic amines is 1. The van der Waals surface area contributed by atoms with Crippen LogP contribution in [-0.4, -0.2) is 34.6 Å². The predicted molar refractivity (Wildman–Crippen MR) is 91.1 cm³/mol. The van der Waals surface area contributed by atoms with Crippen molar-refractivity contribution in [1.29, 1.82) is 0 Å². The minimum atomic E-state index is 0.942. The molecule has 1 aliphatic heterocycles. The molecule has 0 unspecified atom stereocenters. The number of H-pyrrole nitrogens is 1. The summed E-state index contributed by atoms with van der Waals surface area (Å²) in [5.41, 5.74) is 4.56. The molecule has 0 atom stereocenters. The molecule has 2 aromatic carbocycles. The lowest BCUT2D eigenvalue weighted by Gasteiger charge is -2.28. The first-order chi connectivity index (χ1) is 10.4. The average Bonchev–Trinajstić information content (AvgIpc) is 3.00. The molecule has 1 aliphatic rings. The summed E-state index contributed by atoms with van der Waals surface area (Å²) in [6.45, 7) is 2.29. The number of imidazole rings is 1. The lowest BCUT2D eigenvalue weighted by Crippen LogP contribution is -2.32. The van der Waals surface area contributed by atoms with Gasteiger partial charge in [0.25, 0.3) is 0 Å². The molecule has 3 nitrogen and oxygen atoms in total. The highest BCUT2D eigenvalue weighted by Crippen LogP contribution is 2.25. The van der Waals surface area contributed by atoms with Gasteiger partial charge in [0.05, 0.1) is 11.0 Å². The van der Waals surface area contributed by atoms with Crippen molar-refractivity contribution in [2.24, 2.45) is 0 Å². The minimum Gasteiger partial charge on any atom is -0.370 e. The van der Waals surface area contributed by atoms with E-state index in [0.717, 1.165) is 35.5 Å². The van der Waals surface area contributed by atoms with Crippen LogP contribution in [0.1, 0.15) is 0 Å². The normalized spacial score (nSPS) is 15.5. The lowest BCUT2D eigenvalue weighted by atomic mass is 10.2. The number of aromatic nitrogens is 2. The Hall–Kier alpha value is -1.94. The SMILES string of the molecule is c1ccc2[nH]c(-c3ccc(N4CCSCC4)cc3)nc2c1. The maximum absolute atomic E-state index is 4.65. The van der Waals surface area contributed by atoms with Gasteiger partial charge in [0, 0.05) is 35.8 Å². The summed E-state index contributed by atoms with van der Waals surface area (Å²) in [5, 5.41) is 0. The first kappa shape index (κ1) is 12.8. The van der Waals surface area contributed by atoms with Crippen LogP contribution >= 0.6 is 11.8 Å². The quantitative estimate of drug-likeness (QED) is 0.780. The monoisotopic (exact) mass is 295 g/mol. The fourth-order valence-corrected chi connectivity index (χ4v) is 3.64. The summed E-state index contributed by atoms with van der Waals surface area (Å²) in [7, 11) is 0. The van der Waals surface area contributed by atoms with E-state index in [0.29, 0.717) is 0 Å². The summed E-state index contributed by atoms with van der Waals surface area (Å²) in [6.07, 6.45) is 0. The Balaban J connectivity index is 1.63. The second kappa shape index (κ2) is 5.45. The highest BCUT2D eigenvalue weighted by Gasteiger charge is 2.11. The van der Waals surface area contributed by atoms with Crippen LogP contribution in [0.4, 0.5) is 5.69 Å². The number of nitrogens with zero attached hydrogens (tertiary/aromatic N) is 2. The van der Waals surface area contributed by atoms with E-state index in [4.69, 9.17) is 0 Å². The van der Waals surface area contributed by atoms with Crippen molar-refractivity contribution in [1.82, 2.24) is 9.97 Å². The van der Waals surface area contributed by atoms with E-state index in [-0.39, 0.29) is 0 Å². The second-order valence-corrected chi connectivity index (χ2v) is 6.47. The van der Waals surface area contributed by atoms with Gasteiger partial charge in [-0.25, -0.2) is 4.98 Å². The maximum atomic E-state index is 4.65. The summed E-state index contributed by atoms with van der Waals surface area (Å²) in [4.78, 5) is 10.5. The number of fused-ring (bicyclic) bond motifs is 1. The molecular formula is C17H17N3S. The van der Waals surface area contributed by atoms with Gasteiger partial charge in [0.2, 0.25) is 0 Å². The van der Waals surface area contributed by atoms with Crippen LogP contribution in [0.2, 0.25) is 0 Å². The fraction of sp³-hybridized carbons (Fsp3) is 0.235. The van der Waals surface area contributed by atoms with E-state index in [9.17, 15) is 0 Å². The Labute approximate surface area is 128 Å². The molecular weight excluding hydrogens is 278 g/mol. The molecule has 1 aromatic heterocycles. The number of para-hydroxylation sites is 2.